The lowest BCUT2D eigenvalue weighted by molar-refractivity contribution is 0.0862. The van der Waals surface area contributed by atoms with Crippen LogP contribution < -0.4 is 10.0 Å². The van der Waals surface area contributed by atoms with E-state index in [0.29, 0.717) is 12.1 Å². The lowest BCUT2D eigenvalue weighted by Gasteiger charge is -2.38. The molecule has 1 atom stereocenters. The predicted octanol–water partition coefficient (Wildman–Crippen LogP) is 3.19. The van der Waals surface area contributed by atoms with Gasteiger partial charge in [-0.25, -0.2) is 13.1 Å². The van der Waals surface area contributed by atoms with Gasteiger partial charge in [0.15, 0.2) is 0 Å². The first-order valence-corrected chi connectivity index (χ1v) is 12.3. The number of carbonyl (C=O) groups excluding carboxylic acids is 1. The van der Waals surface area contributed by atoms with Crippen molar-refractivity contribution in [2.45, 2.75) is 51.6 Å². The molecule has 2 aromatic carbocycles. The number of hydrogen-bond donors (Lipinski definition) is 2. The molecular formula is C24H33N3O3S. The molecule has 2 aromatic rings. The van der Waals surface area contributed by atoms with Crippen LogP contribution in [0.25, 0.3) is 0 Å². The minimum absolute atomic E-state index is 0.0840. The van der Waals surface area contributed by atoms with E-state index in [4.69, 9.17) is 0 Å². The molecule has 0 saturated heterocycles. The van der Waals surface area contributed by atoms with Crippen LogP contribution in [0.3, 0.4) is 0 Å². The summed E-state index contributed by atoms with van der Waals surface area (Å²) in [4.78, 5) is 15.5. The van der Waals surface area contributed by atoms with Crippen LogP contribution >= 0.6 is 0 Å². The molecule has 0 bridgehead atoms. The SMILES string of the molecule is CCNS(=O)(=O)c1cccc(C(=O)N[C@@H](CN2CCc3ccccc3C2)C(C)(C)C)c1. The molecule has 168 valence electrons. The summed E-state index contributed by atoms with van der Waals surface area (Å²) in [5.74, 6) is -0.258. The molecular weight excluding hydrogens is 410 g/mol. The van der Waals surface area contributed by atoms with Crippen LogP contribution in [-0.2, 0) is 23.0 Å². The van der Waals surface area contributed by atoms with Gasteiger partial charge in [-0.2, -0.15) is 0 Å². The third kappa shape index (κ3) is 5.93. The van der Waals surface area contributed by atoms with Gasteiger partial charge in [0.05, 0.1) is 4.90 Å². The van der Waals surface area contributed by atoms with Gasteiger partial charge in [-0.1, -0.05) is 58.0 Å². The van der Waals surface area contributed by atoms with Gasteiger partial charge in [-0.15, -0.1) is 0 Å². The molecule has 1 amide bonds. The maximum atomic E-state index is 13.0. The second-order valence-corrected chi connectivity index (χ2v) is 10.9. The van der Waals surface area contributed by atoms with Gasteiger partial charge in [-0.3, -0.25) is 9.69 Å². The Morgan fingerprint density at radius 1 is 1.10 bits per heavy atom. The van der Waals surface area contributed by atoms with Gasteiger partial charge < -0.3 is 5.32 Å². The Kier molecular flexibility index (Phi) is 7.19. The molecule has 0 radical (unpaired) electrons. The number of benzene rings is 2. The Morgan fingerprint density at radius 2 is 1.81 bits per heavy atom. The van der Waals surface area contributed by atoms with E-state index in [1.807, 2.05) is 0 Å². The van der Waals surface area contributed by atoms with Crippen LogP contribution in [0, 0.1) is 5.41 Å². The molecule has 0 aromatic heterocycles. The molecule has 1 aliphatic heterocycles. The third-order valence-electron chi connectivity index (χ3n) is 5.74. The molecule has 0 aliphatic carbocycles. The van der Waals surface area contributed by atoms with E-state index in [0.717, 1.165) is 26.1 Å². The average Bonchev–Trinajstić information content (AvgIpc) is 2.72. The monoisotopic (exact) mass is 443 g/mol. The van der Waals surface area contributed by atoms with Gasteiger partial charge in [0.25, 0.3) is 5.91 Å². The highest BCUT2D eigenvalue weighted by atomic mass is 32.2. The van der Waals surface area contributed by atoms with E-state index >= 15 is 0 Å². The smallest absolute Gasteiger partial charge is 0.251 e. The quantitative estimate of drug-likeness (QED) is 0.689. The molecule has 1 heterocycles. The molecule has 2 N–H and O–H groups in total. The maximum Gasteiger partial charge on any atom is 0.251 e. The number of sulfonamides is 1. The van der Waals surface area contributed by atoms with Crippen molar-refractivity contribution in [3.05, 3.63) is 65.2 Å². The van der Waals surface area contributed by atoms with Gasteiger partial charge in [-0.05, 0) is 41.2 Å². The first kappa shape index (κ1) is 23.4. The number of nitrogens with zero attached hydrogens (tertiary/aromatic N) is 1. The Morgan fingerprint density at radius 3 is 2.48 bits per heavy atom. The van der Waals surface area contributed by atoms with Crippen molar-refractivity contribution in [3.63, 3.8) is 0 Å². The molecule has 6 nitrogen and oxygen atoms in total. The van der Waals surface area contributed by atoms with Crippen molar-refractivity contribution in [3.8, 4) is 0 Å². The second-order valence-electron chi connectivity index (χ2n) is 9.18. The molecule has 1 aliphatic rings. The zero-order valence-corrected chi connectivity index (χ0v) is 19.6. The van der Waals surface area contributed by atoms with Crippen LogP contribution in [0.1, 0.15) is 49.2 Å². The summed E-state index contributed by atoms with van der Waals surface area (Å²) in [5.41, 5.74) is 2.93. The standard InChI is InChI=1S/C24H33N3O3S/c1-5-25-31(29,30)21-12-8-11-19(15-21)23(28)26-22(24(2,3)4)17-27-14-13-18-9-6-7-10-20(18)16-27/h6-12,15,22,25H,5,13-14,16-17H2,1-4H3,(H,26,28)/t22-/m0/s1. The van der Waals surface area contributed by atoms with E-state index < -0.39 is 10.0 Å². The first-order valence-electron chi connectivity index (χ1n) is 10.8. The first-order chi connectivity index (χ1) is 14.6. The summed E-state index contributed by atoms with van der Waals surface area (Å²) in [5, 5.41) is 3.16. The Balaban J connectivity index is 1.74. The van der Waals surface area contributed by atoms with Gasteiger partial charge >= 0.3 is 0 Å². The number of rotatable bonds is 7. The summed E-state index contributed by atoms with van der Waals surface area (Å²) in [7, 11) is -3.61. The maximum absolute atomic E-state index is 13.0. The Hall–Kier alpha value is -2.22. The minimum atomic E-state index is -3.61. The highest BCUT2D eigenvalue weighted by molar-refractivity contribution is 7.89. The van der Waals surface area contributed by atoms with E-state index in [1.165, 1.54) is 23.3 Å². The Bertz CT molecular complexity index is 1030. The van der Waals surface area contributed by atoms with Crippen molar-refractivity contribution < 1.29 is 13.2 Å². The number of carbonyl (C=O) groups is 1. The molecule has 0 saturated carbocycles. The fraction of sp³-hybridized carbons (Fsp3) is 0.458. The normalized spacial score (nSPS) is 15.9. The van der Waals surface area contributed by atoms with Crippen molar-refractivity contribution in [2.75, 3.05) is 19.6 Å². The summed E-state index contributed by atoms with van der Waals surface area (Å²) in [6.45, 7) is 10.9. The molecule has 3 rings (SSSR count). The highest BCUT2D eigenvalue weighted by Crippen LogP contribution is 2.24. The zero-order valence-electron chi connectivity index (χ0n) is 18.8. The third-order valence-corrected chi connectivity index (χ3v) is 7.29. The largest absolute Gasteiger partial charge is 0.347 e. The van der Waals surface area contributed by atoms with Crippen LogP contribution in [0.15, 0.2) is 53.4 Å². The van der Waals surface area contributed by atoms with Gasteiger partial charge in [0.2, 0.25) is 10.0 Å². The zero-order chi connectivity index (χ0) is 22.6. The topological polar surface area (TPSA) is 78.5 Å². The number of nitrogens with one attached hydrogen (secondary N) is 2. The van der Waals surface area contributed by atoms with Crippen LogP contribution in [-0.4, -0.2) is 44.9 Å². The minimum Gasteiger partial charge on any atom is -0.347 e. The van der Waals surface area contributed by atoms with E-state index in [2.05, 4.69) is 60.0 Å². The summed E-state index contributed by atoms with van der Waals surface area (Å²) >= 11 is 0. The molecule has 7 heteroatoms. The van der Waals surface area contributed by atoms with Crippen LogP contribution in [0.2, 0.25) is 0 Å². The lowest BCUT2D eigenvalue weighted by atomic mass is 9.85. The number of hydrogen-bond acceptors (Lipinski definition) is 4. The van der Waals surface area contributed by atoms with Crippen molar-refractivity contribution in [1.82, 2.24) is 14.9 Å². The lowest BCUT2D eigenvalue weighted by Crippen LogP contribution is -2.51. The number of amides is 1. The molecule has 0 unspecified atom stereocenters. The van der Waals surface area contributed by atoms with Gasteiger partial charge in [0, 0.05) is 37.8 Å². The number of fused-ring (bicyclic) bond motifs is 1. The van der Waals surface area contributed by atoms with Crippen LogP contribution in [0.5, 0.6) is 0 Å². The highest BCUT2D eigenvalue weighted by Gasteiger charge is 2.30. The Labute approximate surface area is 186 Å². The van der Waals surface area contributed by atoms with Crippen molar-refractivity contribution in [2.24, 2.45) is 5.41 Å². The van der Waals surface area contributed by atoms with Crippen LogP contribution in [0.4, 0.5) is 0 Å². The predicted molar refractivity (Wildman–Crippen MR) is 123 cm³/mol. The van der Waals surface area contributed by atoms with E-state index in [1.54, 1.807) is 19.1 Å². The summed E-state index contributed by atoms with van der Waals surface area (Å²) in [6, 6.07) is 14.6. The fourth-order valence-electron chi connectivity index (χ4n) is 3.82. The van der Waals surface area contributed by atoms with Gasteiger partial charge in [0.1, 0.15) is 0 Å². The molecule has 0 fully saturated rings. The van der Waals surface area contributed by atoms with Crippen molar-refractivity contribution >= 4 is 15.9 Å². The summed E-state index contributed by atoms with van der Waals surface area (Å²) in [6.07, 6.45) is 1.01. The average molecular weight is 444 g/mol. The molecule has 31 heavy (non-hydrogen) atoms. The van der Waals surface area contributed by atoms with E-state index in [9.17, 15) is 13.2 Å². The second kappa shape index (κ2) is 9.51. The fourth-order valence-corrected chi connectivity index (χ4v) is 4.91. The van der Waals surface area contributed by atoms with Crippen molar-refractivity contribution in [1.29, 1.82) is 0 Å². The molecule has 0 spiro atoms. The summed E-state index contributed by atoms with van der Waals surface area (Å²) < 4.78 is 27.1. The van der Waals surface area contributed by atoms with E-state index in [-0.39, 0.29) is 22.3 Å².